The monoisotopic (exact) mass is 388 g/mol. The summed E-state index contributed by atoms with van der Waals surface area (Å²) in [6.45, 7) is 3.20. The Morgan fingerprint density at radius 3 is 2.43 bits per heavy atom. The van der Waals surface area contributed by atoms with E-state index in [0.717, 1.165) is 4.68 Å². The van der Waals surface area contributed by atoms with Crippen molar-refractivity contribution in [2.24, 2.45) is 0 Å². The van der Waals surface area contributed by atoms with E-state index < -0.39 is 17.5 Å². The van der Waals surface area contributed by atoms with Gasteiger partial charge >= 0.3 is 6.09 Å². The first-order chi connectivity index (χ1) is 13.5. The maximum absolute atomic E-state index is 14.0. The van der Waals surface area contributed by atoms with Crippen LogP contribution in [0.15, 0.2) is 41.2 Å². The lowest BCUT2D eigenvalue weighted by Gasteiger charge is -2.34. The van der Waals surface area contributed by atoms with Gasteiger partial charge in [-0.3, -0.25) is 9.59 Å². The number of carbonyl (C=O) groups is 2. The molecule has 0 spiro atoms. The highest BCUT2D eigenvalue weighted by molar-refractivity contribution is 5.76. The zero-order valence-corrected chi connectivity index (χ0v) is 15.5. The van der Waals surface area contributed by atoms with Crippen molar-refractivity contribution in [1.29, 1.82) is 0 Å². The van der Waals surface area contributed by atoms with Gasteiger partial charge in [-0.05, 0) is 25.1 Å². The summed E-state index contributed by atoms with van der Waals surface area (Å²) in [6, 6.07) is 8.79. The van der Waals surface area contributed by atoms with Crippen LogP contribution in [0.3, 0.4) is 0 Å². The van der Waals surface area contributed by atoms with Crippen molar-refractivity contribution in [1.82, 2.24) is 19.6 Å². The minimum absolute atomic E-state index is 0.249. The van der Waals surface area contributed by atoms with Gasteiger partial charge in [-0.2, -0.15) is 5.10 Å². The number of nitrogens with zero attached hydrogens (tertiary/aromatic N) is 4. The third-order valence-corrected chi connectivity index (χ3v) is 4.46. The molecule has 148 valence electrons. The van der Waals surface area contributed by atoms with E-state index in [1.807, 2.05) is 0 Å². The van der Waals surface area contributed by atoms with E-state index >= 15 is 0 Å². The van der Waals surface area contributed by atoms with E-state index in [0.29, 0.717) is 32.8 Å². The van der Waals surface area contributed by atoms with Crippen molar-refractivity contribution in [3.8, 4) is 11.3 Å². The van der Waals surface area contributed by atoms with Crippen LogP contribution >= 0.6 is 0 Å². The van der Waals surface area contributed by atoms with Gasteiger partial charge in [0.25, 0.3) is 5.56 Å². The van der Waals surface area contributed by atoms with E-state index in [1.54, 1.807) is 30.0 Å². The highest BCUT2D eigenvalue weighted by Gasteiger charge is 2.25. The summed E-state index contributed by atoms with van der Waals surface area (Å²) >= 11 is 0. The van der Waals surface area contributed by atoms with Crippen molar-refractivity contribution in [3.63, 3.8) is 0 Å². The van der Waals surface area contributed by atoms with Crippen LogP contribution < -0.4 is 5.56 Å². The number of aromatic nitrogens is 2. The molecule has 2 heterocycles. The average Bonchev–Trinajstić information content (AvgIpc) is 2.70. The van der Waals surface area contributed by atoms with E-state index in [9.17, 15) is 18.8 Å². The topological polar surface area (TPSA) is 84.7 Å². The van der Waals surface area contributed by atoms with Gasteiger partial charge in [0.1, 0.15) is 12.4 Å². The van der Waals surface area contributed by atoms with Crippen LogP contribution in [0.5, 0.6) is 0 Å². The molecule has 2 aromatic rings. The Hall–Kier alpha value is -3.23. The zero-order valence-electron chi connectivity index (χ0n) is 15.5. The molecule has 1 aliphatic heterocycles. The van der Waals surface area contributed by atoms with Gasteiger partial charge in [0.2, 0.25) is 5.91 Å². The number of hydrogen-bond acceptors (Lipinski definition) is 5. The SMILES string of the molecule is CCOC(=O)N1CCN(C(=O)Cn2nc(-c3ccccc3F)ccc2=O)CC1. The predicted octanol–water partition coefficient (Wildman–Crippen LogP) is 1.35. The van der Waals surface area contributed by atoms with E-state index in [2.05, 4.69) is 5.10 Å². The fraction of sp³-hybridized carbons (Fsp3) is 0.368. The molecule has 9 heteroatoms. The second-order valence-corrected chi connectivity index (χ2v) is 6.26. The molecule has 0 N–H and O–H groups in total. The molecule has 0 bridgehead atoms. The molecular formula is C19H21FN4O4. The summed E-state index contributed by atoms with van der Waals surface area (Å²) in [7, 11) is 0. The molecule has 1 saturated heterocycles. The van der Waals surface area contributed by atoms with Gasteiger partial charge in [-0.25, -0.2) is 13.9 Å². The fourth-order valence-corrected chi connectivity index (χ4v) is 2.96. The van der Waals surface area contributed by atoms with Crippen molar-refractivity contribution in [3.05, 3.63) is 52.6 Å². The third kappa shape index (κ3) is 4.36. The standard InChI is InChI=1S/C19H21FN4O4/c1-2-28-19(27)23-11-9-22(10-12-23)18(26)13-24-17(25)8-7-16(21-24)14-5-3-4-6-15(14)20/h3-8H,2,9-13H2,1H3. The highest BCUT2D eigenvalue weighted by atomic mass is 19.1. The van der Waals surface area contributed by atoms with Gasteiger partial charge in [-0.1, -0.05) is 12.1 Å². The quantitative estimate of drug-likeness (QED) is 0.789. The fourth-order valence-electron chi connectivity index (χ4n) is 2.96. The molecule has 1 fully saturated rings. The lowest BCUT2D eigenvalue weighted by atomic mass is 10.1. The Morgan fingerprint density at radius 2 is 1.75 bits per heavy atom. The molecule has 3 rings (SSSR count). The largest absolute Gasteiger partial charge is 0.450 e. The molecule has 0 radical (unpaired) electrons. The molecule has 0 unspecified atom stereocenters. The first kappa shape index (κ1) is 19.5. The van der Waals surface area contributed by atoms with Gasteiger partial charge in [0, 0.05) is 37.8 Å². The summed E-state index contributed by atoms with van der Waals surface area (Å²) < 4.78 is 20.0. The Kier molecular flexibility index (Phi) is 6.03. The van der Waals surface area contributed by atoms with Crippen LogP contribution in [0.25, 0.3) is 11.3 Å². The number of rotatable bonds is 4. The third-order valence-electron chi connectivity index (χ3n) is 4.46. The average molecular weight is 388 g/mol. The van der Waals surface area contributed by atoms with Crippen LogP contribution in [-0.4, -0.2) is 64.4 Å². The number of piperazine rings is 1. The van der Waals surface area contributed by atoms with Crippen molar-refractivity contribution >= 4 is 12.0 Å². The van der Waals surface area contributed by atoms with Crippen molar-refractivity contribution < 1.29 is 18.7 Å². The minimum Gasteiger partial charge on any atom is -0.450 e. The smallest absolute Gasteiger partial charge is 0.409 e. The number of carbonyl (C=O) groups excluding carboxylic acids is 2. The van der Waals surface area contributed by atoms with Gasteiger partial charge in [0.15, 0.2) is 0 Å². The molecular weight excluding hydrogens is 367 g/mol. The molecule has 28 heavy (non-hydrogen) atoms. The second kappa shape index (κ2) is 8.64. The van der Waals surface area contributed by atoms with Crippen LogP contribution in [0.2, 0.25) is 0 Å². The van der Waals surface area contributed by atoms with Crippen molar-refractivity contribution in [2.75, 3.05) is 32.8 Å². The normalized spacial score (nSPS) is 14.1. The van der Waals surface area contributed by atoms with Crippen LogP contribution in [0, 0.1) is 5.82 Å². The minimum atomic E-state index is -0.457. The summed E-state index contributed by atoms with van der Waals surface area (Å²) in [5, 5.41) is 4.14. The number of halogens is 1. The first-order valence-electron chi connectivity index (χ1n) is 9.02. The Balaban J connectivity index is 1.68. The van der Waals surface area contributed by atoms with Crippen LogP contribution in [-0.2, 0) is 16.1 Å². The Bertz CT molecular complexity index is 922. The zero-order chi connectivity index (χ0) is 20.1. The van der Waals surface area contributed by atoms with Crippen LogP contribution in [0.4, 0.5) is 9.18 Å². The predicted molar refractivity (Wildman–Crippen MR) is 99.1 cm³/mol. The maximum atomic E-state index is 14.0. The van der Waals surface area contributed by atoms with E-state index in [4.69, 9.17) is 4.74 Å². The molecule has 0 atom stereocenters. The number of ether oxygens (including phenoxy) is 1. The lowest BCUT2D eigenvalue weighted by Crippen LogP contribution is -2.51. The summed E-state index contributed by atoms with van der Waals surface area (Å²) in [4.78, 5) is 39.5. The molecule has 1 aromatic heterocycles. The number of amides is 2. The van der Waals surface area contributed by atoms with Gasteiger partial charge in [-0.15, -0.1) is 0 Å². The van der Waals surface area contributed by atoms with Crippen LogP contribution in [0.1, 0.15) is 6.92 Å². The maximum Gasteiger partial charge on any atom is 0.409 e. The molecule has 0 saturated carbocycles. The number of benzene rings is 1. The van der Waals surface area contributed by atoms with Gasteiger partial charge in [0.05, 0.1) is 12.3 Å². The highest BCUT2D eigenvalue weighted by Crippen LogP contribution is 2.18. The van der Waals surface area contributed by atoms with Crippen molar-refractivity contribution in [2.45, 2.75) is 13.5 Å². The molecule has 8 nitrogen and oxygen atoms in total. The Morgan fingerprint density at radius 1 is 1.07 bits per heavy atom. The first-order valence-corrected chi connectivity index (χ1v) is 9.02. The summed E-state index contributed by atoms with van der Waals surface area (Å²) in [6.07, 6.45) is -0.398. The Labute approximate surface area is 161 Å². The van der Waals surface area contributed by atoms with E-state index in [-0.39, 0.29) is 23.7 Å². The second-order valence-electron chi connectivity index (χ2n) is 6.26. The molecule has 1 aromatic carbocycles. The van der Waals surface area contributed by atoms with Gasteiger partial charge < -0.3 is 14.5 Å². The molecule has 2 amide bonds. The lowest BCUT2D eigenvalue weighted by molar-refractivity contribution is -0.133. The molecule has 0 aliphatic carbocycles. The molecule has 1 aliphatic rings. The number of hydrogen-bond donors (Lipinski definition) is 0. The summed E-state index contributed by atoms with van der Waals surface area (Å²) in [5.41, 5.74) is 0.0861. The van der Waals surface area contributed by atoms with E-state index in [1.165, 1.54) is 23.1 Å². The summed E-state index contributed by atoms with van der Waals surface area (Å²) in [5.74, 6) is -0.745.